The zero-order chi connectivity index (χ0) is 32.6. The summed E-state index contributed by atoms with van der Waals surface area (Å²) in [5.74, 6) is -1.30. The van der Waals surface area contributed by atoms with Crippen molar-refractivity contribution in [2.45, 2.75) is 32.2 Å². The summed E-state index contributed by atoms with van der Waals surface area (Å²) < 4.78 is 39.4. The van der Waals surface area contributed by atoms with Gasteiger partial charge >= 0.3 is 12.0 Å². The van der Waals surface area contributed by atoms with Gasteiger partial charge in [-0.2, -0.15) is 0 Å². The molecule has 11 nitrogen and oxygen atoms in total. The molecule has 46 heavy (non-hydrogen) atoms. The second-order valence-corrected chi connectivity index (χ2v) is 10.8. The molecule has 4 N–H and O–H groups in total. The van der Waals surface area contributed by atoms with E-state index in [0.717, 1.165) is 31.0 Å². The van der Waals surface area contributed by atoms with Crippen molar-refractivity contribution in [3.63, 3.8) is 0 Å². The maximum Gasteiger partial charge on any atom is 0.323 e. The Labute approximate surface area is 264 Å². The highest BCUT2D eigenvalue weighted by atomic mass is 19.1. The van der Waals surface area contributed by atoms with Crippen molar-refractivity contribution in [3.05, 3.63) is 89.8 Å². The lowest BCUT2D eigenvalue weighted by Crippen LogP contribution is -2.38. The van der Waals surface area contributed by atoms with Crippen LogP contribution in [-0.2, 0) is 9.53 Å². The van der Waals surface area contributed by atoms with E-state index in [4.69, 9.17) is 9.47 Å². The number of ether oxygens (including phenoxy) is 2. The molecular weight excluding hydrogens is 598 g/mol. The molecule has 1 atom stereocenters. The van der Waals surface area contributed by atoms with Gasteiger partial charge in [-0.15, -0.1) is 0 Å². The predicted molar refractivity (Wildman–Crippen MR) is 168 cm³/mol. The van der Waals surface area contributed by atoms with Gasteiger partial charge in [0, 0.05) is 37.6 Å². The topological polar surface area (TPSA) is 138 Å². The van der Waals surface area contributed by atoms with Gasteiger partial charge in [-0.25, -0.2) is 13.6 Å². The number of pyridine rings is 1. The summed E-state index contributed by atoms with van der Waals surface area (Å²) in [7, 11) is 1.39. The summed E-state index contributed by atoms with van der Waals surface area (Å²) in [6, 6.07) is 12.1. The number of anilines is 2. The van der Waals surface area contributed by atoms with Gasteiger partial charge in [-0.05, 0) is 74.7 Å². The lowest BCUT2D eigenvalue weighted by Gasteiger charge is -2.22. The van der Waals surface area contributed by atoms with Crippen LogP contribution in [0.3, 0.4) is 0 Å². The number of benzene rings is 2. The fraction of sp³-hybridized carbons (Fsp3) is 0.273. The standard InChI is InChI=1S/C33H34F2N6O5/c1-20-6-8-24(34)27(15-20)40-33(44)39-26-9-7-22(17-25(26)35)46-23-10-12-36-29(18-23)28-16-21(19-38-28)31(42)37-11-4-14-41-13-3-5-30(41)32(43)45-2/h6-10,12,15-19,30,38H,3-5,11,13-14H2,1-2H3,(H,37,42)(H2,39,40,44). The van der Waals surface area contributed by atoms with E-state index in [1.807, 2.05) is 0 Å². The second kappa shape index (κ2) is 14.7. The second-order valence-electron chi connectivity index (χ2n) is 10.8. The van der Waals surface area contributed by atoms with E-state index in [0.29, 0.717) is 42.2 Å². The van der Waals surface area contributed by atoms with E-state index in [1.54, 1.807) is 37.4 Å². The highest BCUT2D eigenvalue weighted by molar-refractivity contribution is 6.00. The first-order valence-corrected chi connectivity index (χ1v) is 14.8. The van der Waals surface area contributed by atoms with Crippen molar-refractivity contribution in [3.8, 4) is 22.9 Å². The number of amides is 3. The summed E-state index contributed by atoms with van der Waals surface area (Å²) in [5, 5.41) is 7.63. The Hall–Kier alpha value is -5.30. The third-order valence-corrected chi connectivity index (χ3v) is 7.49. The molecule has 5 rings (SSSR count). The van der Waals surface area contributed by atoms with Crippen LogP contribution in [0.1, 0.15) is 35.2 Å². The van der Waals surface area contributed by atoms with Gasteiger partial charge in [0.25, 0.3) is 5.91 Å². The SMILES string of the molecule is COC(=O)C1CCCN1CCCNC(=O)c1c[nH]c(-c2cc(Oc3ccc(NC(=O)Nc4cc(C)ccc4F)c(F)c3)ccn2)c1. The Kier molecular flexibility index (Phi) is 10.2. The summed E-state index contributed by atoms with van der Waals surface area (Å²) in [6.45, 7) is 3.72. The lowest BCUT2D eigenvalue weighted by molar-refractivity contribution is -0.145. The van der Waals surface area contributed by atoms with Crippen LogP contribution in [-0.4, -0.2) is 65.6 Å². The molecule has 13 heteroatoms. The summed E-state index contributed by atoms with van der Waals surface area (Å²) in [5.41, 5.74) is 2.12. The fourth-order valence-electron chi connectivity index (χ4n) is 5.19. The predicted octanol–water partition coefficient (Wildman–Crippen LogP) is 5.86. The van der Waals surface area contributed by atoms with Crippen LogP contribution in [0.25, 0.3) is 11.4 Å². The molecular formula is C33H34F2N6O5. The first kappa shape index (κ1) is 32.1. The quantitative estimate of drug-likeness (QED) is 0.120. The number of aromatic nitrogens is 2. The Morgan fingerprint density at radius 1 is 1.00 bits per heavy atom. The Bertz CT molecular complexity index is 1730. The number of carbonyl (C=O) groups excluding carboxylic acids is 3. The van der Waals surface area contributed by atoms with E-state index >= 15 is 0 Å². The molecule has 0 saturated carbocycles. The largest absolute Gasteiger partial charge is 0.468 e. The molecule has 1 unspecified atom stereocenters. The van der Waals surface area contributed by atoms with E-state index in [1.165, 1.54) is 37.6 Å². The van der Waals surface area contributed by atoms with E-state index in [-0.39, 0.29) is 35.0 Å². The minimum absolute atomic E-state index is 0.0227. The van der Waals surface area contributed by atoms with Crippen LogP contribution in [0.5, 0.6) is 11.5 Å². The molecule has 3 amide bonds. The number of esters is 1. The van der Waals surface area contributed by atoms with Crippen molar-refractivity contribution in [1.29, 1.82) is 0 Å². The number of nitrogens with zero attached hydrogens (tertiary/aromatic N) is 2. The van der Waals surface area contributed by atoms with Gasteiger partial charge in [-0.3, -0.25) is 19.5 Å². The van der Waals surface area contributed by atoms with Gasteiger partial charge in [0.1, 0.15) is 29.2 Å². The molecule has 0 bridgehead atoms. The zero-order valence-corrected chi connectivity index (χ0v) is 25.4. The number of halogens is 2. The van der Waals surface area contributed by atoms with Crippen LogP contribution in [0.4, 0.5) is 25.0 Å². The molecule has 4 aromatic rings. The summed E-state index contributed by atoms with van der Waals surface area (Å²) in [4.78, 5) is 46.4. The number of aromatic amines is 1. The van der Waals surface area contributed by atoms with Gasteiger partial charge in [-0.1, -0.05) is 6.07 Å². The molecule has 1 fully saturated rings. The molecule has 2 aromatic carbocycles. The molecule has 0 spiro atoms. The van der Waals surface area contributed by atoms with Crippen molar-refractivity contribution >= 4 is 29.3 Å². The van der Waals surface area contributed by atoms with Crippen LogP contribution in [0.2, 0.25) is 0 Å². The average Bonchev–Trinajstić information content (AvgIpc) is 3.73. The summed E-state index contributed by atoms with van der Waals surface area (Å²) >= 11 is 0. The number of hydrogen-bond donors (Lipinski definition) is 4. The number of H-pyrrole nitrogens is 1. The van der Waals surface area contributed by atoms with Gasteiger partial charge in [0.15, 0.2) is 0 Å². The summed E-state index contributed by atoms with van der Waals surface area (Å²) in [6.07, 6.45) is 5.52. The van der Waals surface area contributed by atoms with E-state index in [2.05, 4.69) is 30.8 Å². The number of likely N-dealkylation sites (tertiary alicyclic amines) is 1. The van der Waals surface area contributed by atoms with Crippen molar-refractivity contribution in [2.24, 2.45) is 0 Å². The van der Waals surface area contributed by atoms with Crippen LogP contribution in [0.15, 0.2) is 67.0 Å². The maximum absolute atomic E-state index is 14.8. The zero-order valence-electron chi connectivity index (χ0n) is 25.4. The van der Waals surface area contributed by atoms with Crippen molar-refractivity contribution in [1.82, 2.24) is 20.2 Å². The fourth-order valence-corrected chi connectivity index (χ4v) is 5.19. The lowest BCUT2D eigenvalue weighted by atomic mass is 10.2. The number of urea groups is 1. The van der Waals surface area contributed by atoms with Gasteiger partial charge in [0.2, 0.25) is 0 Å². The third kappa shape index (κ3) is 8.04. The Morgan fingerprint density at radius 3 is 2.61 bits per heavy atom. The number of rotatable bonds is 11. The first-order chi connectivity index (χ1) is 22.2. The number of carbonyl (C=O) groups is 3. The third-order valence-electron chi connectivity index (χ3n) is 7.49. The Morgan fingerprint density at radius 2 is 1.80 bits per heavy atom. The highest BCUT2D eigenvalue weighted by Crippen LogP contribution is 2.28. The van der Waals surface area contributed by atoms with Gasteiger partial charge < -0.3 is 30.4 Å². The normalized spacial score (nSPS) is 14.5. The number of hydrogen-bond acceptors (Lipinski definition) is 7. The monoisotopic (exact) mass is 632 g/mol. The minimum atomic E-state index is -0.800. The van der Waals surface area contributed by atoms with E-state index < -0.39 is 17.7 Å². The van der Waals surface area contributed by atoms with Gasteiger partial charge in [0.05, 0.1) is 35.4 Å². The van der Waals surface area contributed by atoms with Crippen LogP contribution < -0.4 is 20.7 Å². The maximum atomic E-state index is 14.8. The number of nitrogens with one attached hydrogen (secondary N) is 4. The first-order valence-electron chi connectivity index (χ1n) is 14.8. The van der Waals surface area contributed by atoms with Crippen molar-refractivity contribution < 1.29 is 32.6 Å². The molecule has 3 heterocycles. The average molecular weight is 633 g/mol. The molecule has 0 radical (unpaired) electrons. The molecule has 1 saturated heterocycles. The molecule has 2 aromatic heterocycles. The smallest absolute Gasteiger partial charge is 0.323 e. The molecule has 0 aliphatic carbocycles. The minimum Gasteiger partial charge on any atom is -0.468 e. The van der Waals surface area contributed by atoms with Crippen molar-refractivity contribution in [2.75, 3.05) is 37.4 Å². The molecule has 240 valence electrons. The number of methoxy groups -OCH3 is 1. The molecule has 1 aliphatic rings. The molecule has 1 aliphatic heterocycles. The van der Waals surface area contributed by atoms with E-state index in [9.17, 15) is 23.2 Å². The highest BCUT2D eigenvalue weighted by Gasteiger charge is 2.30. The number of aryl methyl sites for hydroxylation is 1. The van der Waals surface area contributed by atoms with Crippen LogP contribution >= 0.6 is 0 Å². The Balaban J connectivity index is 1.13. The van der Waals surface area contributed by atoms with Crippen LogP contribution in [0, 0.1) is 18.6 Å².